The molecule has 0 amide bonds. The Morgan fingerprint density at radius 2 is 0.800 bits per heavy atom. The van der Waals surface area contributed by atoms with Gasteiger partial charge >= 0.3 is 0 Å². The molecule has 4 aromatic rings. The molecule has 0 unspecified atom stereocenters. The first-order chi connectivity index (χ1) is 17.2. The first kappa shape index (κ1) is 24.7. The predicted octanol–water partition coefficient (Wildman–Crippen LogP) is 7.34. The van der Waals surface area contributed by atoms with Crippen LogP contribution in [0.4, 0.5) is 0 Å². The normalized spacial score (nSPS) is 11.8. The first-order valence-electron chi connectivity index (χ1n) is 12.5. The Bertz CT molecular complexity index is 1060. The Labute approximate surface area is 211 Å². The van der Waals surface area contributed by atoms with Gasteiger partial charge in [-0.05, 0) is 29.2 Å². The van der Waals surface area contributed by atoms with E-state index in [9.17, 15) is 0 Å². The Hall–Kier alpha value is -3.46. The zero-order valence-corrected chi connectivity index (χ0v) is 20.8. The third kappa shape index (κ3) is 8.68. The lowest BCUT2D eigenvalue weighted by Gasteiger charge is -2.25. The zero-order valence-electron chi connectivity index (χ0n) is 20.8. The van der Waals surface area contributed by atoms with Crippen molar-refractivity contribution in [2.75, 3.05) is 13.1 Å². The molecule has 0 aliphatic rings. The second-order valence-electron chi connectivity index (χ2n) is 9.31. The summed E-state index contributed by atoms with van der Waals surface area (Å²) >= 11 is 0. The molecule has 0 saturated carbocycles. The maximum atomic E-state index is 2.54. The van der Waals surface area contributed by atoms with Gasteiger partial charge in [-0.1, -0.05) is 133 Å². The van der Waals surface area contributed by atoms with Gasteiger partial charge < -0.3 is 0 Å². The molecule has 0 aliphatic heterocycles. The standard InChI is InChI=1S/C33H36N2/c1-29(24-35(27-32-18-10-4-11-19-32)28-33-20-12-5-13-21-33)22-23-34(25-30-14-6-2-7-15-30)26-31-16-8-3-9-17-31/h2-22H,23-28H2,1H3/b29-22+. The topological polar surface area (TPSA) is 6.48 Å². The van der Waals surface area contributed by atoms with Crippen LogP contribution >= 0.6 is 0 Å². The molecule has 4 aromatic carbocycles. The summed E-state index contributed by atoms with van der Waals surface area (Å²) in [7, 11) is 0. The second-order valence-corrected chi connectivity index (χ2v) is 9.31. The highest BCUT2D eigenvalue weighted by Gasteiger charge is 2.10. The van der Waals surface area contributed by atoms with Crippen LogP contribution in [-0.4, -0.2) is 22.9 Å². The van der Waals surface area contributed by atoms with E-state index >= 15 is 0 Å². The van der Waals surface area contributed by atoms with Crippen LogP contribution in [0.2, 0.25) is 0 Å². The Kier molecular flexibility index (Phi) is 9.46. The number of nitrogens with zero attached hydrogens (tertiary/aromatic N) is 2. The van der Waals surface area contributed by atoms with Crippen molar-refractivity contribution in [3.63, 3.8) is 0 Å². The average Bonchev–Trinajstić information content (AvgIpc) is 2.90. The molecule has 2 nitrogen and oxygen atoms in total. The van der Waals surface area contributed by atoms with Gasteiger partial charge in [0.15, 0.2) is 0 Å². The van der Waals surface area contributed by atoms with Crippen LogP contribution in [0.15, 0.2) is 133 Å². The van der Waals surface area contributed by atoms with E-state index < -0.39 is 0 Å². The van der Waals surface area contributed by atoms with Gasteiger partial charge in [-0.15, -0.1) is 0 Å². The van der Waals surface area contributed by atoms with Crippen LogP contribution in [0.1, 0.15) is 29.2 Å². The fourth-order valence-electron chi connectivity index (χ4n) is 4.42. The lowest BCUT2D eigenvalue weighted by molar-refractivity contribution is 0.272. The highest BCUT2D eigenvalue weighted by atomic mass is 15.1. The van der Waals surface area contributed by atoms with E-state index in [1.807, 2.05) is 0 Å². The van der Waals surface area contributed by atoms with Crippen molar-refractivity contribution in [1.82, 2.24) is 9.80 Å². The summed E-state index contributed by atoms with van der Waals surface area (Å²) in [6, 6.07) is 43.1. The maximum absolute atomic E-state index is 2.54. The molecule has 0 aromatic heterocycles. The lowest BCUT2D eigenvalue weighted by atomic mass is 10.1. The van der Waals surface area contributed by atoms with Crippen molar-refractivity contribution in [3.05, 3.63) is 155 Å². The first-order valence-corrected chi connectivity index (χ1v) is 12.5. The minimum absolute atomic E-state index is 0.931. The molecule has 0 radical (unpaired) electrons. The SMILES string of the molecule is C/C(=C\CN(Cc1ccccc1)Cc1ccccc1)CN(Cc1ccccc1)Cc1ccccc1. The lowest BCUT2D eigenvalue weighted by Crippen LogP contribution is -2.26. The summed E-state index contributed by atoms with van der Waals surface area (Å²) in [6.07, 6.45) is 2.41. The minimum Gasteiger partial charge on any atom is -0.291 e. The van der Waals surface area contributed by atoms with Gasteiger partial charge in [-0.3, -0.25) is 9.80 Å². The van der Waals surface area contributed by atoms with Gasteiger partial charge in [0.25, 0.3) is 0 Å². The molecule has 0 bridgehead atoms. The van der Waals surface area contributed by atoms with Gasteiger partial charge in [-0.2, -0.15) is 0 Å². The van der Waals surface area contributed by atoms with E-state index in [-0.39, 0.29) is 0 Å². The van der Waals surface area contributed by atoms with Crippen molar-refractivity contribution in [1.29, 1.82) is 0 Å². The third-order valence-electron chi connectivity index (χ3n) is 6.17. The molecule has 0 N–H and O–H groups in total. The van der Waals surface area contributed by atoms with E-state index in [1.54, 1.807) is 0 Å². The van der Waals surface area contributed by atoms with Crippen molar-refractivity contribution in [2.45, 2.75) is 33.1 Å². The second kappa shape index (κ2) is 13.4. The molecule has 0 saturated heterocycles. The van der Waals surface area contributed by atoms with E-state index in [0.717, 1.165) is 39.3 Å². The molecular formula is C33H36N2. The van der Waals surface area contributed by atoms with Crippen LogP contribution in [0.3, 0.4) is 0 Å². The van der Waals surface area contributed by atoms with Gasteiger partial charge in [0.1, 0.15) is 0 Å². The van der Waals surface area contributed by atoms with E-state index in [1.165, 1.54) is 27.8 Å². The summed E-state index contributed by atoms with van der Waals surface area (Å²) in [6.45, 7) is 7.92. The molecule has 178 valence electrons. The number of rotatable bonds is 12. The molecule has 2 heteroatoms. The van der Waals surface area contributed by atoms with Crippen LogP contribution in [-0.2, 0) is 26.2 Å². The quantitative estimate of drug-likeness (QED) is 0.204. The monoisotopic (exact) mass is 460 g/mol. The smallest absolute Gasteiger partial charge is 0.0240 e. The number of benzene rings is 4. The van der Waals surface area contributed by atoms with E-state index in [2.05, 4.69) is 144 Å². The highest BCUT2D eigenvalue weighted by Crippen LogP contribution is 2.14. The molecule has 0 spiro atoms. The highest BCUT2D eigenvalue weighted by molar-refractivity contribution is 5.19. The maximum Gasteiger partial charge on any atom is 0.0240 e. The van der Waals surface area contributed by atoms with Crippen molar-refractivity contribution in [2.24, 2.45) is 0 Å². The van der Waals surface area contributed by atoms with E-state index in [4.69, 9.17) is 0 Å². The van der Waals surface area contributed by atoms with E-state index in [0.29, 0.717) is 0 Å². The molecular weight excluding hydrogens is 424 g/mol. The van der Waals surface area contributed by atoms with Crippen LogP contribution in [0, 0.1) is 0 Å². The number of hydrogen-bond donors (Lipinski definition) is 0. The Morgan fingerprint density at radius 1 is 0.486 bits per heavy atom. The van der Waals surface area contributed by atoms with Crippen LogP contribution < -0.4 is 0 Å². The predicted molar refractivity (Wildman–Crippen MR) is 148 cm³/mol. The largest absolute Gasteiger partial charge is 0.291 e. The van der Waals surface area contributed by atoms with Gasteiger partial charge in [0.05, 0.1) is 0 Å². The molecule has 0 aliphatic carbocycles. The third-order valence-corrected chi connectivity index (χ3v) is 6.17. The number of hydrogen-bond acceptors (Lipinski definition) is 2. The Morgan fingerprint density at radius 3 is 1.14 bits per heavy atom. The fourth-order valence-corrected chi connectivity index (χ4v) is 4.42. The minimum atomic E-state index is 0.931. The van der Waals surface area contributed by atoms with Crippen LogP contribution in [0.25, 0.3) is 0 Å². The van der Waals surface area contributed by atoms with Gasteiger partial charge in [-0.25, -0.2) is 0 Å². The molecule has 35 heavy (non-hydrogen) atoms. The summed E-state index contributed by atoms with van der Waals surface area (Å²) in [5.74, 6) is 0. The fraction of sp³-hybridized carbons (Fsp3) is 0.212. The van der Waals surface area contributed by atoms with Crippen molar-refractivity contribution < 1.29 is 0 Å². The Balaban J connectivity index is 1.45. The average molecular weight is 461 g/mol. The molecule has 0 fully saturated rings. The summed E-state index contributed by atoms with van der Waals surface area (Å²) in [5.41, 5.74) is 6.81. The molecule has 4 rings (SSSR count). The summed E-state index contributed by atoms with van der Waals surface area (Å²) in [5, 5.41) is 0. The van der Waals surface area contributed by atoms with Crippen molar-refractivity contribution >= 4 is 0 Å². The van der Waals surface area contributed by atoms with Crippen LogP contribution in [0.5, 0.6) is 0 Å². The summed E-state index contributed by atoms with van der Waals surface area (Å²) < 4.78 is 0. The van der Waals surface area contributed by atoms with Crippen molar-refractivity contribution in [3.8, 4) is 0 Å². The molecule has 0 heterocycles. The van der Waals surface area contributed by atoms with Gasteiger partial charge in [0, 0.05) is 39.3 Å². The summed E-state index contributed by atoms with van der Waals surface area (Å²) in [4.78, 5) is 5.06. The zero-order chi connectivity index (χ0) is 24.1. The molecule has 0 atom stereocenters. The van der Waals surface area contributed by atoms with Gasteiger partial charge in [0.2, 0.25) is 0 Å².